The average Bonchev–Trinajstić information content (AvgIpc) is 3.30. The van der Waals surface area contributed by atoms with Gasteiger partial charge >= 0.3 is 0 Å². The molecule has 0 saturated heterocycles. The Morgan fingerprint density at radius 3 is 2.66 bits per heavy atom. The van der Waals surface area contributed by atoms with E-state index in [0.717, 1.165) is 28.0 Å². The molecular weight excluding hydrogens is 438 g/mol. The van der Waals surface area contributed by atoms with E-state index in [2.05, 4.69) is 23.2 Å². The molecule has 0 radical (unpaired) electrons. The molecule has 1 aliphatic carbocycles. The van der Waals surface area contributed by atoms with Crippen LogP contribution >= 0.6 is 0 Å². The van der Waals surface area contributed by atoms with Crippen LogP contribution in [-0.2, 0) is 18.4 Å². The Kier molecular flexibility index (Phi) is 6.99. The predicted molar refractivity (Wildman–Crippen MR) is 135 cm³/mol. The molecule has 0 aliphatic heterocycles. The first-order chi connectivity index (χ1) is 16.9. The first kappa shape index (κ1) is 24.2. The fraction of sp³-hybridized carbons (Fsp3) is 0.276. The second-order valence-corrected chi connectivity index (χ2v) is 8.98. The summed E-state index contributed by atoms with van der Waals surface area (Å²) in [5, 5.41) is 10.0. The fourth-order valence-corrected chi connectivity index (χ4v) is 4.38. The van der Waals surface area contributed by atoms with Crippen LogP contribution in [0, 0.1) is 16.7 Å². The molecule has 2 unspecified atom stereocenters. The molecule has 6 nitrogen and oxygen atoms in total. The highest BCUT2D eigenvalue weighted by atomic mass is 16.5. The molecule has 0 bridgehead atoms. The molecule has 2 atom stereocenters. The number of nitriles is 1. The van der Waals surface area contributed by atoms with Gasteiger partial charge < -0.3 is 14.0 Å². The van der Waals surface area contributed by atoms with Crippen LogP contribution in [0.2, 0.25) is 0 Å². The summed E-state index contributed by atoms with van der Waals surface area (Å²) in [7, 11) is 3.53. The van der Waals surface area contributed by atoms with Gasteiger partial charge in [0.2, 0.25) is 0 Å². The van der Waals surface area contributed by atoms with Crippen LogP contribution in [0.3, 0.4) is 0 Å². The van der Waals surface area contributed by atoms with Crippen LogP contribution in [-0.4, -0.2) is 22.4 Å². The van der Waals surface area contributed by atoms with Crippen molar-refractivity contribution in [2.45, 2.75) is 33.0 Å². The van der Waals surface area contributed by atoms with Crippen molar-refractivity contribution in [3.8, 4) is 11.8 Å². The molecule has 0 saturated carbocycles. The molecule has 1 heterocycles. The lowest BCUT2D eigenvalue weighted by Crippen LogP contribution is -2.21. The van der Waals surface area contributed by atoms with Crippen LogP contribution in [0.4, 0.5) is 0 Å². The Morgan fingerprint density at radius 1 is 1.26 bits per heavy atom. The first-order valence-electron chi connectivity index (χ1n) is 11.5. The molecule has 1 aromatic heterocycles. The van der Waals surface area contributed by atoms with Gasteiger partial charge in [0.05, 0.1) is 43.4 Å². The Balaban J connectivity index is 1.73. The summed E-state index contributed by atoms with van der Waals surface area (Å²) >= 11 is 0. The third-order valence-corrected chi connectivity index (χ3v) is 6.50. The molecule has 4 rings (SSSR count). The van der Waals surface area contributed by atoms with Gasteiger partial charge in [0.1, 0.15) is 11.9 Å². The molecule has 6 heteroatoms. The highest BCUT2D eigenvalue weighted by Crippen LogP contribution is 2.45. The van der Waals surface area contributed by atoms with E-state index >= 15 is 0 Å². The van der Waals surface area contributed by atoms with E-state index in [1.807, 2.05) is 54.9 Å². The smallest absolute Gasteiger partial charge is 0.159 e. The molecule has 0 N–H and O–H groups in total. The fourth-order valence-electron chi connectivity index (χ4n) is 4.38. The molecule has 2 aromatic carbocycles. The Morgan fingerprint density at radius 2 is 2.03 bits per heavy atom. The number of aromatic nitrogens is 2. The molecule has 35 heavy (non-hydrogen) atoms. The number of hydrogen-bond donors (Lipinski definition) is 0. The molecule has 0 amide bonds. The molecule has 0 fully saturated rings. The summed E-state index contributed by atoms with van der Waals surface area (Å²) in [6, 6.07) is 17.9. The van der Waals surface area contributed by atoms with Crippen LogP contribution in [0.5, 0.6) is 5.75 Å². The number of rotatable bonds is 8. The minimum atomic E-state index is -0.638. The van der Waals surface area contributed by atoms with Crippen LogP contribution in [0.15, 0.2) is 78.8 Å². The van der Waals surface area contributed by atoms with E-state index < -0.39 is 11.5 Å². The number of carbonyl (C=O) groups excluding carboxylic acids is 1. The maximum Gasteiger partial charge on any atom is 0.159 e. The summed E-state index contributed by atoms with van der Waals surface area (Å²) in [6.45, 7) is 3.75. The van der Waals surface area contributed by atoms with Gasteiger partial charge in [-0.05, 0) is 55.2 Å². The van der Waals surface area contributed by atoms with Crippen LogP contribution in [0.25, 0.3) is 5.57 Å². The number of imidazole rings is 1. The molecular formula is C29H29N3O3. The number of nitrogens with zero attached hydrogens (tertiary/aromatic N) is 3. The third-order valence-electron chi connectivity index (χ3n) is 6.50. The van der Waals surface area contributed by atoms with Gasteiger partial charge in [-0.1, -0.05) is 42.5 Å². The molecule has 1 aliphatic rings. The summed E-state index contributed by atoms with van der Waals surface area (Å²) in [5.41, 5.74) is 4.59. The lowest BCUT2D eigenvalue weighted by molar-refractivity contribution is 0.0599. The zero-order valence-corrected chi connectivity index (χ0v) is 20.5. The zero-order valence-electron chi connectivity index (χ0n) is 20.5. The lowest BCUT2D eigenvalue weighted by atomic mass is 9.72. The van der Waals surface area contributed by atoms with Crippen molar-refractivity contribution in [2.75, 3.05) is 7.11 Å². The van der Waals surface area contributed by atoms with E-state index in [4.69, 9.17) is 9.47 Å². The van der Waals surface area contributed by atoms with E-state index in [9.17, 15) is 10.1 Å². The van der Waals surface area contributed by atoms with Gasteiger partial charge in [-0.25, -0.2) is 4.98 Å². The summed E-state index contributed by atoms with van der Waals surface area (Å²) < 4.78 is 14.0. The molecule has 178 valence electrons. The number of Topliss-reactive ketones (excluding diaryl/α,β-unsaturated/α-hetero) is 1. The van der Waals surface area contributed by atoms with E-state index in [1.54, 1.807) is 38.7 Å². The Labute approximate surface area is 206 Å². The maximum atomic E-state index is 11.9. The number of benzene rings is 2. The van der Waals surface area contributed by atoms with Crippen molar-refractivity contribution in [1.82, 2.24) is 9.55 Å². The van der Waals surface area contributed by atoms with Gasteiger partial charge in [0.15, 0.2) is 5.78 Å². The van der Waals surface area contributed by atoms with Crippen molar-refractivity contribution in [2.24, 2.45) is 12.5 Å². The third kappa shape index (κ3) is 4.96. The van der Waals surface area contributed by atoms with Crippen molar-refractivity contribution in [3.63, 3.8) is 0 Å². The van der Waals surface area contributed by atoms with Gasteiger partial charge in [-0.2, -0.15) is 5.26 Å². The second-order valence-electron chi connectivity index (χ2n) is 8.98. The van der Waals surface area contributed by atoms with E-state index in [0.29, 0.717) is 17.7 Å². The van der Waals surface area contributed by atoms with Gasteiger partial charge in [-0.15, -0.1) is 0 Å². The number of methoxy groups -OCH3 is 1. The SMILES string of the molecule is COc1ccc(C(C)=O)cc1COC(C1=CCC(C)(C#N)C(c2ccccc2)=C1)c1cncn1C. The van der Waals surface area contributed by atoms with Gasteiger partial charge in [0.25, 0.3) is 0 Å². The van der Waals surface area contributed by atoms with Crippen molar-refractivity contribution in [3.05, 3.63) is 101 Å². The number of aryl methyl sites for hydroxylation is 1. The topological polar surface area (TPSA) is 77.1 Å². The van der Waals surface area contributed by atoms with Crippen molar-refractivity contribution >= 4 is 11.4 Å². The number of hydrogen-bond acceptors (Lipinski definition) is 5. The number of ether oxygens (including phenoxy) is 2. The van der Waals surface area contributed by atoms with E-state index in [1.165, 1.54) is 0 Å². The highest BCUT2D eigenvalue weighted by Gasteiger charge is 2.34. The summed E-state index contributed by atoms with van der Waals surface area (Å²) in [5.74, 6) is 0.646. The Hall–Kier alpha value is -3.95. The minimum absolute atomic E-state index is 0.0155. The van der Waals surface area contributed by atoms with Gasteiger partial charge in [-0.3, -0.25) is 4.79 Å². The van der Waals surface area contributed by atoms with Gasteiger partial charge in [0, 0.05) is 18.2 Å². The van der Waals surface area contributed by atoms with E-state index in [-0.39, 0.29) is 12.4 Å². The summed E-state index contributed by atoms with van der Waals surface area (Å²) in [6.07, 6.45) is 7.84. The number of allylic oxidation sites excluding steroid dienone is 2. The highest BCUT2D eigenvalue weighted by molar-refractivity contribution is 5.94. The monoisotopic (exact) mass is 467 g/mol. The minimum Gasteiger partial charge on any atom is -0.496 e. The average molecular weight is 468 g/mol. The molecule has 3 aromatic rings. The van der Waals surface area contributed by atoms with Crippen LogP contribution in [0.1, 0.15) is 53.6 Å². The second kappa shape index (κ2) is 10.1. The number of ketones is 1. The zero-order chi connectivity index (χ0) is 25.0. The molecule has 0 spiro atoms. The quantitative estimate of drug-likeness (QED) is 0.389. The predicted octanol–water partition coefficient (Wildman–Crippen LogP) is 5.83. The van der Waals surface area contributed by atoms with Crippen LogP contribution < -0.4 is 4.74 Å². The van der Waals surface area contributed by atoms with Crippen molar-refractivity contribution < 1.29 is 14.3 Å². The Bertz CT molecular complexity index is 1330. The van der Waals surface area contributed by atoms with Crippen molar-refractivity contribution in [1.29, 1.82) is 5.26 Å². The number of carbonyl (C=O) groups is 1. The maximum absolute atomic E-state index is 11.9. The summed E-state index contributed by atoms with van der Waals surface area (Å²) in [4.78, 5) is 16.2. The normalized spacial score (nSPS) is 18.3. The first-order valence-corrected chi connectivity index (χ1v) is 11.5. The standard InChI is InChI=1S/C29H29N3O3/c1-20(33)22-10-11-27(34-4)24(14-22)17-35-28(26-16-31-19-32(26)3)23-12-13-29(2,18-30)25(15-23)21-8-6-5-7-9-21/h5-12,14-16,19,28H,13,17H2,1-4H3. The largest absolute Gasteiger partial charge is 0.496 e. The lowest BCUT2D eigenvalue weighted by Gasteiger charge is -2.31.